The first-order valence-electron chi connectivity index (χ1n) is 4.78. The molecule has 0 N–H and O–H groups in total. The number of hydrogen-bond donors (Lipinski definition) is 0. The zero-order valence-electron chi connectivity index (χ0n) is 8.48. The zero-order valence-corrected chi connectivity index (χ0v) is 9.24. The van der Waals surface area contributed by atoms with Gasteiger partial charge in [0.05, 0.1) is 0 Å². The van der Waals surface area contributed by atoms with E-state index in [0.29, 0.717) is 5.02 Å². The molecular weight excluding hydrogens is 220 g/mol. The van der Waals surface area contributed by atoms with Crippen molar-refractivity contribution in [3.05, 3.63) is 59.1 Å². The van der Waals surface area contributed by atoms with Gasteiger partial charge in [0.15, 0.2) is 0 Å². The fourth-order valence-electron chi connectivity index (χ4n) is 1.26. The van der Waals surface area contributed by atoms with E-state index >= 15 is 0 Å². The summed E-state index contributed by atoms with van der Waals surface area (Å²) in [5.41, 5.74) is 0.837. The Morgan fingerprint density at radius 1 is 0.875 bits per heavy atom. The van der Waals surface area contributed by atoms with Crippen LogP contribution >= 0.6 is 11.6 Å². The second kappa shape index (κ2) is 4.74. The van der Waals surface area contributed by atoms with Crippen LogP contribution in [0.2, 0.25) is 5.02 Å². The van der Waals surface area contributed by atoms with Crippen molar-refractivity contribution in [3.8, 4) is 23.8 Å². The van der Waals surface area contributed by atoms with Gasteiger partial charge in [0.25, 0.3) is 0 Å². The Kier molecular flexibility index (Phi) is 3.14. The Balaban J connectivity index is 2.15. The molecule has 0 aliphatic heterocycles. The van der Waals surface area contributed by atoms with Crippen LogP contribution in [-0.4, -0.2) is 0 Å². The van der Waals surface area contributed by atoms with Crippen LogP contribution in [0.25, 0.3) is 0 Å². The first kappa shape index (κ1) is 10.6. The van der Waals surface area contributed by atoms with E-state index in [1.54, 1.807) is 12.1 Å². The zero-order chi connectivity index (χ0) is 11.4. The highest BCUT2D eigenvalue weighted by Crippen LogP contribution is 2.22. The minimum atomic E-state index is 0.690. The maximum atomic E-state index is 5.78. The quantitative estimate of drug-likeness (QED) is 0.703. The monoisotopic (exact) mass is 228 g/mol. The largest absolute Gasteiger partial charge is 0.457 e. The Hall–Kier alpha value is -1.91. The summed E-state index contributed by atoms with van der Waals surface area (Å²) in [5.74, 6) is 4.05. The summed E-state index contributed by atoms with van der Waals surface area (Å²) in [6.07, 6.45) is 5.26. The molecule has 0 aliphatic carbocycles. The summed E-state index contributed by atoms with van der Waals surface area (Å²) >= 11 is 5.78. The third-order valence-electron chi connectivity index (χ3n) is 2.07. The molecule has 0 bridgehead atoms. The molecule has 78 valence electrons. The molecule has 0 radical (unpaired) electrons. The summed E-state index contributed by atoms with van der Waals surface area (Å²) in [6, 6.07) is 14.6. The topological polar surface area (TPSA) is 9.23 Å². The lowest BCUT2D eigenvalue weighted by atomic mass is 10.2. The molecule has 0 amide bonds. The molecule has 2 aromatic carbocycles. The lowest BCUT2D eigenvalue weighted by molar-refractivity contribution is 0.482. The molecule has 1 nitrogen and oxygen atoms in total. The summed E-state index contributed by atoms with van der Waals surface area (Å²) < 4.78 is 5.61. The number of benzene rings is 2. The van der Waals surface area contributed by atoms with Crippen molar-refractivity contribution in [2.24, 2.45) is 0 Å². The van der Waals surface area contributed by atoms with Crippen LogP contribution in [0.15, 0.2) is 48.5 Å². The minimum Gasteiger partial charge on any atom is -0.457 e. The van der Waals surface area contributed by atoms with Gasteiger partial charge in [-0.2, -0.15) is 0 Å². The highest BCUT2D eigenvalue weighted by atomic mass is 35.5. The van der Waals surface area contributed by atoms with Gasteiger partial charge < -0.3 is 4.74 Å². The van der Waals surface area contributed by atoms with Crippen LogP contribution in [0.3, 0.4) is 0 Å². The van der Waals surface area contributed by atoms with Crippen molar-refractivity contribution in [2.75, 3.05) is 0 Å². The van der Waals surface area contributed by atoms with Crippen molar-refractivity contribution in [1.82, 2.24) is 0 Å². The van der Waals surface area contributed by atoms with Crippen molar-refractivity contribution in [2.45, 2.75) is 0 Å². The average Bonchev–Trinajstić information content (AvgIpc) is 2.33. The molecule has 0 saturated carbocycles. The molecule has 0 aromatic heterocycles. The maximum Gasteiger partial charge on any atom is 0.127 e. The molecule has 2 aromatic rings. The van der Waals surface area contributed by atoms with E-state index in [1.165, 1.54) is 0 Å². The number of hydrogen-bond acceptors (Lipinski definition) is 1. The van der Waals surface area contributed by atoms with Gasteiger partial charge in [-0.3, -0.25) is 0 Å². The molecule has 0 aliphatic rings. The van der Waals surface area contributed by atoms with Crippen molar-refractivity contribution in [3.63, 3.8) is 0 Å². The SMILES string of the molecule is C#Cc1ccc(Oc2ccc(Cl)cc2)cc1. The minimum absolute atomic E-state index is 0.690. The van der Waals surface area contributed by atoms with Crippen molar-refractivity contribution in [1.29, 1.82) is 0 Å². The normalized spacial score (nSPS) is 9.50. The number of rotatable bonds is 2. The van der Waals surface area contributed by atoms with Crippen LogP contribution in [0.1, 0.15) is 5.56 Å². The van der Waals surface area contributed by atoms with Gasteiger partial charge >= 0.3 is 0 Å². The van der Waals surface area contributed by atoms with E-state index in [4.69, 9.17) is 22.8 Å². The molecule has 0 unspecified atom stereocenters. The van der Waals surface area contributed by atoms with Gasteiger partial charge in [-0.1, -0.05) is 17.5 Å². The lowest BCUT2D eigenvalue weighted by Crippen LogP contribution is -1.83. The lowest BCUT2D eigenvalue weighted by Gasteiger charge is -2.05. The predicted octanol–water partition coefficient (Wildman–Crippen LogP) is 4.11. The molecule has 0 atom stereocenters. The average molecular weight is 229 g/mol. The van der Waals surface area contributed by atoms with E-state index < -0.39 is 0 Å². The van der Waals surface area contributed by atoms with E-state index in [1.807, 2.05) is 36.4 Å². The molecular formula is C14H9ClO. The third kappa shape index (κ3) is 2.56. The van der Waals surface area contributed by atoms with E-state index in [0.717, 1.165) is 17.1 Å². The molecule has 0 spiro atoms. The summed E-state index contributed by atoms with van der Waals surface area (Å²) in [7, 11) is 0. The molecule has 16 heavy (non-hydrogen) atoms. The molecule has 2 heteroatoms. The Labute approximate surface area is 99.6 Å². The second-order valence-electron chi connectivity index (χ2n) is 3.22. The van der Waals surface area contributed by atoms with E-state index in [-0.39, 0.29) is 0 Å². The summed E-state index contributed by atoms with van der Waals surface area (Å²) in [6.45, 7) is 0. The first-order chi connectivity index (χ1) is 7.78. The Morgan fingerprint density at radius 2 is 1.38 bits per heavy atom. The molecule has 0 heterocycles. The highest BCUT2D eigenvalue weighted by molar-refractivity contribution is 6.30. The summed E-state index contributed by atoms with van der Waals surface area (Å²) in [5, 5.41) is 0.690. The Bertz CT molecular complexity index is 506. The standard InChI is InChI=1S/C14H9ClO/c1-2-11-3-7-13(8-4-11)16-14-9-5-12(15)6-10-14/h1,3-10H. The fourth-order valence-corrected chi connectivity index (χ4v) is 1.38. The van der Waals surface area contributed by atoms with Crippen LogP contribution in [0, 0.1) is 12.3 Å². The first-order valence-corrected chi connectivity index (χ1v) is 5.16. The number of terminal acetylenes is 1. The van der Waals surface area contributed by atoms with Gasteiger partial charge in [-0.05, 0) is 48.5 Å². The third-order valence-corrected chi connectivity index (χ3v) is 2.32. The number of halogens is 1. The van der Waals surface area contributed by atoms with Gasteiger partial charge in [-0.15, -0.1) is 6.42 Å². The van der Waals surface area contributed by atoms with Crippen LogP contribution in [0.5, 0.6) is 11.5 Å². The summed E-state index contributed by atoms with van der Waals surface area (Å²) in [4.78, 5) is 0. The fraction of sp³-hybridized carbons (Fsp3) is 0. The predicted molar refractivity (Wildman–Crippen MR) is 65.9 cm³/mol. The smallest absolute Gasteiger partial charge is 0.127 e. The molecule has 0 saturated heterocycles. The van der Waals surface area contributed by atoms with Crippen LogP contribution in [-0.2, 0) is 0 Å². The van der Waals surface area contributed by atoms with Crippen LogP contribution < -0.4 is 4.74 Å². The highest BCUT2D eigenvalue weighted by Gasteiger charge is 1.96. The van der Waals surface area contributed by atoms with Crippen LogP contribution in [0.4, 0.5) is 0 Å². The van der Waals surface area contributed by atoms with Gasteiger partial charge in [0, 0.05) is 10.6 Å². The Morgan fingerprint density at radius 3 is 1.88 bits per heavy atom. The maximum absolute atomic E-state index is 5.78. The number of ether oxygens (including phenoxy) is 1. The molecule has 2 rings (SSSR count). The van der Waals surface area contributed by atoms with E-state index in [2.05, 4.69) is 5.92 Å². The van der Waals surface area contributed by atoms with Crippen molar-refractivity contribution >= 4 is 11.6 Å². The van der Waals surface area contributed by atoms with Gasteiger partial charge in [-0.25, -0.2) is 0 Å². The van der Waals surface area contributed by atoms with E-state index in [9.17, 15) is 0 Å². The van der Waals surface area contributed by atoms with Gasteiger partial charge in [0.1, 0.15) is 11.5 Å². The second-order valence-corrected chi connectivity index (χ2v) is 3.66. The molecule has 0 fully saturated rings. The van der Waals surface area contributed by atoms with Crippen molar-refractivity contribution < 1.29 is 4.74 Å². The van der Waals surface area contributed by atoms with Gasteiger partial charge in [0.2, 0.25) is 0 Å².